The number of rotatable bonds is 10. The molecule has 146 valence electrons. The van der Waals surface area contributed by atoms with Gasteiger partial charge in [0.15, 0.2) is 11.5 Å². The number of ether oxygens (including phenoxy) is 2. The summed E-state index contributed by atoms with van der Waals surface area (Å²) in [4.78, 5) is 14.9. The standard InChI is InChI=1S/C21H34N2O3/c1-3-4-16-26-19-11-10-18(17-20(19)25-2)21(24)22-12-9-15-23-13-7-5-6-8-14-23/h10-11,17H,3-9,12-16H2,1-2H3,(H,22,24). The van der Waals surface area contributed by atoms with E-state index in [-0.39, 0.29) is 5.91 Å². The van der Waals surface area contributed by atoms with Crippen molar-refractivity contribution in [3.8, 4) is 11.5 Å². The SMILES string of the molecule is CCCCOc1ccc(C(=O)NCCCN2CCCCCC2)cc1OC. The Kier molecular flexibility index (Phi) is 9.32. The first-order valence-corrected chi connectivity index (χ1v) is 10.1. The molecule has 1 aliphatic heterocycles. The third kappa shape index (κ3) is 6.87. The Balaban J connectivity index is 1.77. The molecule has 0 atom stereocenters. The lowest BCUT2D eigenvalue weighted by Crippen LogP contribution is -2.30. The van der Waals surface area contributed by atoms with Crippen LogP contribution < -0.4 is 14.8 Å². The summed E-state index contributed by atoms with van der Waals surface area (Å²) in [5, 5.41) is 3.02. The maximum Gasteiger partial charge on any atom is 0.251 e. The lowest BCUT2D eigenvalue weighted by molar-refractivity contribution is 0.0951. The van der Waals surface area contributed by atoms with Crippen LogP contribution in [0.15, 0.2) is 18.2 Å². The molecule has 0 bridgehead atoms. The number of hydrogen-bond donors (Lipinski definition) is 1. The molecule has 1 amide bonds. The molecule has 1 aliphatic rings. The Morgan fingerprint density at radius 2 is 1.88 bits per heavy atom. The maximum absolute atomic E-state index is 12.4. The largest absolute Gasteiger partial charge is 0.493 e. The lowest BCUT2D eigenvalue weighted by atomic mass is 10.2. The molecule has 0 aromatic heterocycles. The van der Waals surface area contributed by atoms with Gasteiger partial charge in [-0.15, -0.1) is 0 Å². The Labute approximate surface area is 158 Å². The summed E-state index contributed by atoms with van der Waals surface area (Å²) < 4.78 is 11.1. The molecule has 26 heavy (non-hydrogen) atoms. The second-order valence-corrected chi connectivity index (χ2v) is 6.93. The van der Waals surface area contributed by atoms with Crippen molar-refractivity contribution in [2.24, 2.45) is 0 Å². The van der Waals surface area contributed by atoms with Crippen molar-refractivity contribution < 1.29 is 14.3 Å². The van der Waals surface area contributed by atoms with E-state index in [2.05, 4.69) is 17.1 Å². The highest BCUT2D eigenvalue weighted by Crippen LogP contribution is 2.28. The Hall–Kier alpha value is -1.75. The van der Waals surface area contributed by atoms with Gasteiger partial charge >= 0.3 is 0 Å². The monoisotopic (exact) mass is 362 g/mol. The number of hydrogen-bond acceptors (Lipinski definition) is 4. The molecule has 0 saturated carbocycles. The van der Waals surface area contributed by atoms with E-state index >= 15 is 0 Å². The first kappa shape index (κ1) is 20.6. The van der Waals surface area contributed by atoms with E-state index in [0.29, 0.717) is 30.2 Å². The molecular formula is C21H34N2O3. The minimum Gasteiger partial charge on any atom is -0.493 e. The number of amides is 1. The normalized spacial score (nSPS) is 15.3. The van der Waals surface area contributed by atoms with Crippen LogP contribution in [-0.2, 0) is 0 Å². The van der Waals surface area contributed by atoms with Gasteiger partial charge in [0, 0.05) is 12.1 Å². The summed E-state index contributed by atoms with van der Waals surface area (Å²) in [6, 6.07) is 5.37. The molecule has 1 N–H and O–H groups in total. The van der Waals surface area contributed by atoms with E-state index in [1.54, 1.807) is 19.2 Å². The van der Waals surface area contributed by atoms with Crippen LogP contribution in [0.1, 0.15) is 62.2 Å². The molecule has 1 saturated heterocycles. The van der Waals surface area contributed by atoms with E-state index < -0.39 is 0 Å². The second-order valence-electron chi connectivity index (χ2n) is 6.93. The quantitative estimate of drug-likeness (QED) is 0.642. The van der Waals surface area contributed by atoms with E-state index in [9.17, 15) is 4.79 Å². The van der Waals surface area contributed by atoms with Crippen molar-refractivity contribution in [3.63, 3.8) is 0 Å². The third-order valence-corrected chi connectivity index (χ3v) is 4.82. The number of nitrogens with zero attached hydrogens (tertiary/aromatic N) is 1. The van der Waals surface area contributed by atoms with E-state index in [1.807, 2.05) is 6.07 Å². The zero-order valence-corrected chi connectivity index (χ0v) is 16.4. The lowest BCUT2D eigenvalue weighted by Gasteiger charge is -2.19. The van der Waals surface area contributed by atoms with Gasteiger partial charge in [0.25, 0.3) is 5.91 Å². The number of carbonyl (C=O) groups excluding carboxylic acids is 1. The van der Waals surface area contributed by atoms with Crippen LogP contribution in [-0.4, -0.2) is 50.7 Å². The minimum absolute atomic E-state index is 0.0562. The highest BCUT2D eigenvalue weighted by atomic mass is 16.5. The first-order valence-electron chi connectivity index (χ1n) is 10.1. The number of benzene rings is 1. The molecule has 1 fully saturated rings. The molecule has 1 heterocycles. The fraction of sp³-hybridized carbons (Fsp3) is 0.667. The summed E-state index contributed by atoms with van der Waals surface area (Å²) in [6.45, 7) is 6.95. The number of nitrogens with one attached hydrogen (secondary N) is 1. The summed E-state index contributed by atoms with van der Waals surface area (Å²) >= 11 is 0. The van der Waals surface area contributed by atoms with Gasteiger partial charge in [-0.25, -0.2) is 0 Å². The molecule has 0 unspecified atom stereocenters. The van der Waals surface area contributed by atoms with Crippen molar-refractivity contribution in [3.05, 3.63) is 23.8 Å². The minimum atomic E-state index is -0.0562. The van der Waals surface area contributed by atoms with Gasteiger partial charge in [-0.1, -0.05) is 26.2 Å². The molecule has 1 aromatic rings. The van der Waals surface area contributed by atoms with E-state index in [4.69, 9.17) is 9.47 Å². The zero-order chi connectivity index (χ0) is 18.6. The Morgan fingerprint density at radius 3 is 2.58 bits per heavy atom. The van der Waals surface area contributed by atoms with Crippen LogP contribution in [0.2, 0.25) is 0 Å². The van der Waals surface area contributed by atoms with Crippen molar-refractivity contribution in [1.29, 1.82) is 0 Å². The van der Waals surface area contributed by atoms with Crippen LogP contribution >= 0.6 is 0 Å². The number of unbranched alkanes of at least 4 members (excludes halogenated alkanes) is 1. The number of methoxy groups -OCH3 is 1. The van der Waals surface area contributed by atoms with Crippen LogP contribution in [0.25, 0.3) is 0 Å². The van der Waals surface area contributed by atoms with Gasteiger partial charge in [-0.3, -0.25) is 4.79 Å². The van der Waals surface area contributed by atoms with Crippen molar-refractivity contribution in [2.45, 2.75) is 51.9 Å². The van der Waals surface area contributed by atoms with Gasteiger partial charge in [-0.2, -0.15) is 0 Å². The zero-order valence-electron chi connectivity index (χ0n) is 16.4. The highest BCUT2D eigenvalue weighted by molar-refractivity contribution is 5.94. The maximum atomic E-state index is 12.4. The molecule has 0 spiro atoms. The topological polar surface area (TPSA) is 50.8 Å². The summed E-state index contributed by atoms with van der Waals surface area (Å²) in [5.74, 6) is 1.25. The Morgan fingerprint density at radius 1 is 1.12 bits per heavy atom. The van der Waals surface area contributed by atoms with Gasteiger partial charge in [0.05, 0.1) is 13.7 Å². The Bertz CT molecular complexity index is 540. The van der Waals surface area contributed by atoms with Crippen molar-refractivity contribution in [2.75, 3.05) is 39.9 Å². The summed E-state index contributed by atoms with van der Waals surface area (Å²) in [5.41, 5.74) is 0.611. The first-order chi connectivity index (χ1) is 12.7. The fourth-order valence-electron chi connectivity index (χ4n) is 3.22. The average Bonchev–Trinajstić information content (AvgIpc) is 2.94. The molecule has 0 aliphatic carbocycles. The van der Waals surface area contributed by atoms with Crippen LogP contribution in [0.3, 0.4) is 0 Å². The van der Waals surface area contributed by atoms with Gasteiger partial charge in [0.2, 0.25) is 0 Å². The molecule has 1 aromatic carbocycles. The van der Waals surface area contributed by atoms with Crippen molar-refractivity contribution in [1.82, 2.24) is 10.2 Å². The molecule has 5 nitrogen and oxygen atoms in total. The molecular weight excluding hydrogens is 328 g/mol. The smallest absolute Gasteiger partial charge is 0.251 e. The van der Waals surface area contributed by atoms with Crippen LogP contribution in [0, 0.1) is 0 Å². The predicted octanol–water partition coefficient (Wildman–Crippen LogP) is 3.87. The number of likely N-dealkylation sites (tertiary alicyclic amines) is 1. The van der Waals surface area contributed by atoms with Crippen LogP contribution in [0.5, 0.6) is 11.5 Å². The van der Waals surface area contributed by atoms with Gasteiger partial charge in [0.1, 0.15) is 0 Å². The fourth-order valence-corrected chi connectivity index (χ4v) is 3.22. The number of carbonyl (C=O) groups is 1. The van der Waals surface area contributed by atoms with Crippen molar-refractivity contribution >= 4 is 5.91 Å². The molecule has 5 heteroatoms. The summed E-state index contributed by atoms with van der Waals surface area (Å²) in [7, 11) is 1.60. The highest BCUT2D eigenvalue weighted by Gasteiger charge is 2.12. The van der Waals surface area contributed by atoms with Gasteiger partial charge < -0.3 is 19.7 Å². The predicted molar refractivity (Wildman–Crippen MR) is 105 cm³/mol. The second kappa shape index (κ2) is 11.8. The van der Waals surface area contributed by atoms with Gasteiger partial charge in [-0.05, 0) is 63.5 Å². The van der Waals surface area contributed by atoms with E-state index in [1.165, 1.54) is 38.8 Å². The third-order valence-electron chi connectivity index (χ3n) is 4.82. The summed E-state index contributed by atoms with van der Waals surface area (Å²) in [6.07, 6.45) is 8.39. The van der Waals surface area contributed by atoms with E-state index in [0.717, 1.165) is 25.8 Å². The molecule has 2 rings (SSSR count). The van der Waals surface area contributed by atoms with Crippen LogP contribution in [0.4, 0.5) is 0 Å². The average molecular weight is 363 g/mol. The molecule has 0 radical (unpaired) electrons.